The van der Waals surface area contributed by atoms with Gasteiger partial charge in [-0.1, -0.05) is 34.1 Å². The smallest absolute Gasteiger partial charge is 0.221 e. The maximum atomic E-state index is 11.3. The zero-order chi connectivity index (χ0) is 11.3. The average Bonchev–Trinajstić information content (AvgIpc) is 2.18. The van der Waals surface area contributed by atoms with Crippen molar-refractivity contribution in [3.8, 4) is 0 Å². The highest BCUT2D eigenvalue weighted by atomic mass is 79.9. The fourth-order valence-corrected chi connectivity index (χ4v) is 2.10. The van der Waals surface area contributed by atoms with Gasteiger partial charge in [-0.3, -0.25) is 4.79 Å². The van der Waals surface area contributed by atoms with Crippen LogP contribution >= 0.6 is 27.5 Å². The van der Waals surface area contributed by atoms with Crippen LogP contribution in [0.2, 0.25) is 0 Å². The number of alkyl halides is 1. The molecule has 4 heteroatoms. The fourth-order valence-electron chi connectivity index (χ4n) is 1.30. The predicted octanol–water partition coefficient (Wildman–Crippen LogP) is 3.26. The van der Waals surface area contributed by atoms with Gasteiger partial charge in [-0.25, -0.2) is 0 Å². The topological polar surface area (TPSA) is 29.1 Å². The third-order valence-electron chi connectivity index (χ3n) is 2.07. The third kappa shape index (κ3) is 3.84. The van der Waals surface area contributed by atoms with Crippen molar-refractivity contribution in [2.75, 3.05) is 5.88 Å². The van der Waals surface area contributed by atoms with Gasteiger partial charge in [0.15, 0.2) is 0 Å². The Balaban J connectivity index is 2.65. The first-order valence-corrected chi connectivity index (χ1v) is 6.07. The Hall–Kier alpha value is -0.540. The molecule has 1 aromatic carbocycles. The van der Waals surface area contributed by atoms with Gasteiger partial charge in [0.25, 0.3) is 0 Å². The zero-order valence-corrected chi connectivity index (χ0v) is 10.8. The Kier molecular flexibility index (Phi) is 5.12. The number of halogens is 2. The summed E-state index contributed by atoms with van der Waals surface area (Å²) in [6.45, 7) is 1.95. The lowest BCUT2D eigenvalue weighted by molar-refractivity contribution is -0.121. The minimum Gasteiger partial charge on any atom is -0.350 e. The van der Waals surface area contributed by atoms with E-state index >= 15 is 0 Å². The molecule has 1 N–H and O–H groups in total. The summed E-state index contributed by atoms with van der Waals surface area (Å²) in [4.78, 5) is 11.3. The molecule has 0 aromatic heterocycles. The van der Waals surface area contributed by atoms with E-state index < -0.39 is 0 Å². The first-order chi connectivity index (χ1) is 7.15. The maximum absolute atomic E-state index is 11.3. The molecule has 0 saturated carbocycles. The molecular formula is C11H13BrClNO. The van der Waals surface area contributed by atoms with Crippen LogP contribution in [0.3, 0.4) is 0 Å². The van der Waals surface area contributed by atoms with E-state index in [0.717, 1.165) is 10.0 Å². The molecule has 0 heterocycles. The molecule has 0 aliphatic heterocycles. The van der Waals surface area contributed by atoms with Gasteiger partial charge in [0.1, 0.15) is 0 Å². The molecule has 1 unspecified atom stereocenters. The van der Waals surface area contributed by atoms with Crippen molar-refractivity contribution in [3.63, 3.8) is 0 Å². The molecule has 0 fully saturated rings. The fraction of sp³-hybridized carbons (Fsp3) is 0.364. The minimum absolute atomic E-state index is 0.00343. The maximum Gasteiger partial charge on any atom is 0.221 e. The van der Waals surface area contributed by atoms with Crippen molar-refractivity contribution in [2.45, 2.75) is 19.4 Å². The van der Waals surface area contributed by atoms with Crippen LogP contribution in [-0.4, -0.2) is 11.8 Å². The summed E-state index contributed by atoms with van der Waals surface area (Å²) >= 11 is 8.94. The van der Waals surface area contributed by atoms with Crippen LogP contribution in [0.25, 0.3) is 0 Å². The number of benzene rings is 1. The Morgan fingerprint density at radius 3 is 2.80 bits per heavy atom. The Labute approximate surface area is 103 Å². The number of hydrogen-bond donors (Lipinski definition) is 1. The molecule has 15 heavy (non-hydrogen) atoms. The molecule has 1 amide bonds. The molecule has 0 spiro atoms. The van der Waals surface area contributed by atoms with E-state index in [0.29, 0.717) is 12.3 Å². The second-order valence-corrected chi connectivity index (χ2v) is 4.48. The first kappa shape index (κ1) is 12.5. The second kappa shape index (κ2) is 6.13. The van der Waals surface area contributed by atoms with Crippen LogP contribution in [0, 0.1) is 0 Å². The molecule has 1 atom stereocenters. The Morgan fingerprint density at radius 1 is 1.53 bits per heavy atom. The van der Waals surface area contributed by atoms with Crippen LogP contribution < -0.4 is 5.32 Å². The van der Waals surface area contributed by atoms with Crippen molar-refractivity contribution in [2.24, 2.45) is 0 Å². The van der Waals surface area contributed by atoms with Crippen LogP contribution in [0.5, 0.6) is 0 Å². The van der Waals surface area contributed by atoms with Crippen molar-refractivity contribution in [1.82, 2.24) is 5.32 Å². The molecule has 0 aliphatic carbocycles. The van der Waals surface area contributed by atoms with Crippen molar-refractivity contribution >= 4 is 33.4 Å². The summed E-state index contributed by atoms with van der Waals surface area (Å²) < 4.78 is 1.00. The summed E-state index contributed by atoms with van der Waals surface area (Å²) in [5, 5.41) is 2.88. The Bertz CT molecular complexity index is 343. The number of nitrogens with one attached hydrogen (secondary N) is 1. The summed E-state index contributed by atoms with van der Waals surface area (Å²) in [5.74, 6) is 0.336. The van der Waals surface area contributed by atoms with Crippen molar-refractivity contribution < 1.29 is 4.79 Å². The minimum atomic E-state index is -0.0201. The lowest BCUT2D eigenvalue weighted by atomic mass is 10.1. The third-order valence-corrected chi connectivity index (χ3v) is 2.98. The van der Waals surface area contributed by atoms with Crippen LogP contribution in [0.15, 0.2) is 28.7 Å². The summed E-state index contributed by atoms with van der Waals surface area (Å²) in [6.07, 6.45) is 0.357. The van der Waals surface area contributed by atoms with E-state index in [-0.39, 0.29) is 11.9 Å². The highest BCUT2D eigenvalue weighted by molar-refractivity contribution is 9.10. The van der Waals surface area contributed by atoms with Gasteiger partial charge < -0.3 is 5.32 Å². The Morgan fingerprint density at radius 2 is 2.20 bits per heavy atom. The molecule has 0 aliphatic rings. The SMILES string of the molecule is CC(NC(=O)CCCl)c1ccccc1Br. The largest absolute Gasteiger partial charge is 0.350 e. The highest BCUT2D eigenvalue weighted by Gasteiger charge is 2.10. The van der Waals surface area contributed by atoms with Gasteiger partial charge >= 0.3 is 0 Å². The van der Waals surface area contributed by atoms with Crippen LogP contribution in [-0.2, 0) is 4.79 Å². The van der Waals surface area contributed by atoms with Crippen LogP contribution in [0.4, 0.5) is 0 Å². The zero-order valence-electron chi connectivity index (χ0n) is 8.47. The normalized spacial score (nSPS) is 12.2. The van der Waals surface area contributed by atoms with E-state index in [1.807, 2.05) is 31.2 Å². The first-order valence-electron chi connectivity index (χ1n) is 4.75. The van der Waals surface area contributed by atoms with Crippen molar-refractivity contribution in [3.05, 3.63) is 34.3 Å². The molecule has 1 aromatic rings. The van der Waals surface area contributed by atoms with E-state index in [9.17, 15) is 4.79 Å². The molecular weight excluding hydrogens is 277 g/mol. The van der Waals surface area contributed by atoms with Crippen molar-refractivity contribution in [1.29, 1.82) is 0 Å². The number of hydrogen-bond acceptors (Lipinski definition) is 1. The number of carbonyl (C=O) groups is 1. The van der Waals surface area contributed by atoms with Crippen LogP contribution in [0.1, 0.15) is 24.9 Å². The average molecular weight is 291 g/mol. The standard InChI is InChI=1S/C11H13BrClNO/c1-8(14-11(15)6-7-13)9-4-2-3-5-10(9)12/h2-5,8H,6-7H2,1H3,(H,14,15). The van der Waals surface area contributed by atoms with E-state index in [4.69, 9.17) is 11.6 Å². The summed E-state index contributed by atoms with van der Waals surface area (Å²) in [7, 11) is 0. The van der Waals surface area contributed by atoms with E-state index in [2.05, 4.69) is 21.2 Å². The molecule has 2 nitrogen and oxygen atoms in total. The molecule has 1 rings (SSSR count). The lowest BCUT2D eigenvalue weighted by Gasteiger charge is -2.15. The number of amides is 1. The molecule has 0 saturated heterocycles. The number of carbonyl (C=O) groups excluding carboxylic acids is 1. The molecule has 82 valence electrons. The highest BCUT2D eigenvalue weighted by Crippen LogP contribution is 2.22. The van der Waals surface area contributed by atoms with Gasteiger partial charge in [0, 0.05) is 16.8 Å². The molecule has 0 bridgehead atoms. The second-order valence-electron chi connectivity index (χ2n) is 3.25. The predicted molar refractivity (Wildman–Crippen MR) is 66.0 cm³/mol. The van der Waals surface area contributed by atoms with Gasteiger partial charge in [-0.05, 0) is 18.6 Å². The van der Waals surface area contributed by atoms with Gasteiger partial charge in [-0.2, -0.15) is 0 Å². The lowest BCUT2D eigenvalue weighted by Crippen LogP contribution is -2.26. The van der Waals surface area contributed by atoms with Gasteiger partial charge in [-0.15, -0.1) is 11.6 Å². The summed E-state index contributed by atoms with van der Waals surface area (Å²) in [6, 6.07) is 7.83. The van der Waals surface area contributed by atoms with Gasteiger partial charge in [0.05, 0.1) is 6.04 Å². The number of rotatable bonds is 4. The van der Waals surface area contributed by atoms with E-state index in [1.165, 1.54) is 0 Å². The summed E-state index contributed by atoms with van der Waals surface area (Å²) in [5.41, 5.74) is 1.07. The van der Waals surface area contributed by atoms with E-state index in [1.54, 1.807) is 0 Å². The monoisotopic (exact) mass is 289 g/mol. The quantitative estimate of drug-likeness (QED) is 0.847. The molecule has 0 radical (unpaired) electrons. The van der Waals surface area contributed by atoms with Gasteiger partial charge in [0.2, 0.25) is 5.91 Å².